The molecule has 0 amide bonds. The molecule has 1 N–H and O–H groups in total. The SMILES string of the molecule is COC(=O)c1sccc1Oc1ccccc1NS(=O)(=O)c1ccc(Cl)cc1. The number of para-hydroxylation sites is 2. The van der Waals surface area contributed by atoms with Gasteiger partial charge in [-0.25, -0.2) is 13.2 Å². The zero-order chi connectivity index (χ0) is 19.4. The molecular formula is C18H14ClNO5S2. The summed E-state index contributed by atoms with van der Waals surface area (Å²) in [6.07, 6.45) is 0. The number of hydrogen-bond donors (Lipinski definition) is 1. The predicted molar refractivity (Wildman–Crippen MR) is 104 cm³/mol. The molecule has 0 saturated heterocycles. The van der Waals surface area contributed by atoms with E-state index in [1.807, 2.05) is 0 Å². The number of thiophene rings is 1. The van der Waals surface area contributed by atoms with Crippen LogP contribution in [0.3, 0.4) is 0 Å². The molecule has 0 atom stereocenters. The van der Waals surface area contributed by atoms with Crippen molar-refractivity contribution in [3.8, 4) is 11.5 Å². The summed E-state index contributed by atoms with van der Waals surface area (Å²) < 4.78 is 38.2. The number of halogens is 1. The quantitative estimate of drug-likeness (QED) is 0.577. The maximum absolute atomic E-state index is 12.6. The molecule has 3 rings (SSSR count). The highest BCUT2D eigenvalue weighted by molar-refractivity contribution is 7.92. The van der Waals surface area contributed by atoms with Crippen LogP contribution >= 0.6 is 22.9 Å². The largest absolute Gasteiger partial charge is 0.465 e. The van der Waals surface area contributed by atoms with Crippen molar-refractivity contribution in [2.24, 2.45) is 0 Å². The maximum Gasteiger partial charge on any atom is 0.351 e. The Morgan fingerprint density at radius 3 is 2.44 bits per heavy atom. The van der Waals surface area contributed by atoms with Crippen LogP contribution in [0.25, 0.3) is 0 Å². The number of carbonyl (C=O) groups excluding carboxylic acids is 1. The van der Waals surface area contributed by atoms with Crippen molar-refractivity contribution in [1.29, 1.82) is 0 Å². The Hall–Kier alpha value is -2.55. The molecule has 0 aliphatic rings. The van der Waals surface area contributed by atoms with Crippen molar-refractivity contribution in [3.63, 3.8) is 0 Å². The van der Waals surface area contributed by atoms with Crippen molar-refractivity contribution in [2.75, 3.05) is 11.8 Å². The number of hydrogen-bond acceptors (Lipinski definition) is 6. The lowest BCUT2D eigenvalue weighted by molar-refractivity contribution is 0.0604. The summed E-state index contributed by atoms with van der Waals surface area (Å²) in [4.78, 5) is 12.1. The first kappa shape index (κ1) is 19.2. The van der Waals surface area contributed by atoms with Crippen LogP contribution in [0.2, 0.25) is 5.02 Å². The molecule has 0 radical (unpaired) electrons. The fourth-order valence-electron chi connectivity index (χ4n) is 2.20. The summed E-state index contributed by atoms with van der Waals surface area (Å²) in [6.45, 7) is 0. The fraction of sp³-hybridized carbons (Fsp3) is 0.0556. The van der Waals surface area contributed by atoms with Gasteiger partial charge in [-0.2, -0.15) is 0 Å². The van der Waals surface area contributed by atoms with Crippen LogP contribution in [-0.4, -0.2) is 21.5 Å². The standard InChI is InChI=1S/C18H14ClNO5S2/c1-24-18(21)17-16(10-11-26-17)25-15-5-3-2-4-14(15)20-27(22,23)13-8-6-12(19)7-9-13/h2-11,20H,1H3. The molecule has 0 bridgehead atoms. The molecule has 0 fully saturated rings. The Bertz CT molecular complexity index is 1060. The normalized spacial score (nSPS) is 11.0. The van der Waals surface area contributed by atoms with Crippen LogP contribution in [0.4, 0.5) is 5.69 Å². The van der Waals surface area contributed by atoms with Gasteiger partial charge in [0.15, 0.2) is 16.4 Å². The Kier molecular flexibility index (Phi) is 5.69. The van der Waals surface area contributed by atoms with E-state index >= 15 is 0 Å². The predicted octanol–water partition coefficient (Wildman–Crippen LogP) is 4.78. The number of carbonyl (C=O) groups is 1. The average Bonchev–Trinajstić information content (AvgIpc) is 3.11. The first-order valence-electron chi connectivity index (χ1n) is 7.62. The van der Waals surface area contributed by atoms with Crippen LogP contribution in [0.5, 0.6) is 11.5 Å². The molecule has 0 aliphatic carbocycles. The number of anilines is 1. The zero-order valence-electron chi connectivity index (χ0n) is 14.0. The molecule has 3 aromatic rings. The summed E-state index contributed by atoms with van der Waals surface area (Å²) in [5.41, 5.74) is 0.231. The Balaban J connectivity index is 1.90. The molecule has 6 nitrogen and oxygen atoms in total. The highest BCUT2D eigenvalue weighted by Crippen LogP contribution is 2.35. The summed E-state index contributed by atoms with van der Waals surface area (Å²) in [7, 11) is -2.56. The van der Waals surface area contributed by atoms with E-state index < -0.39 is 16.0 Å². The number of nitrogens with one attached hydrogen (secondary N) is 1. The van der Waals surface area contributed by atoms with E-state index in [0.29, 0.717) is 5.02 Å². The number of sulfonamides is 1. The topological polar surface area (TPSA) is 81.7 Å². The van der Waals surface area contributed by atoms with E-state index in [2.05, 4.69) is 4.72 Å². The highest BCUT2D eigenvalue weighted by atomic mass is 35.5. The molecule has 1 heterocycles. The number of rotatable bonds is 6. The lowest BCUT2D eigenvalue weighted by Gasteiger charge is -2.13. The molecule has 1 aromatic heterocycles. The van der Waals surface area contributed by atoms with Crippen molar-refractivity contribution < 1.29 is 22.7 Å². The fourth-order valence-corrected chi connectivity index (χ4v) is 4.12. The first-order valence-corrected chi connectivity index (χ1v) is 10.4. The molecule has 2 aromatic carbocycles. The number of esters is 1. The van der Waals surface area contributed by atoms with Gasteiger partial charge in [-0.05, 0) is 47.8 Å². The van der Waals surface area contributed by atoms with Gasteiger partial charge < -0.3 is 9.47 Å². The van der Waals surface area contributed by atoms with Gasteiger partial charge in [-0.15, -0.1) is 11.3 Å². The number of ether oxygens (including phenoxy) is 2. The molecule has 0 saturated carbocycles. The number of methoxy groups -OCH3 is 1. The van der Waals surface area contributed by atoms with Gasteiger partial charge in [-0.1, -0.05) is 23.7 Å². The Morgan fingerprint density at radius 2 is 1.74 bits per heavy atom. The first-order chi connectivity index (χ1) is 12.9. The third-order valence-corrected chi connectivity index (χ3v) is 5.98. The highest BCUT2D eigenvalue weighted by Gasteiger charge is 2.19. The molecule has 27 heavy (non-hydrogen) atoms. The van der Waals surface area contributed by atoms with Crippen LogP contribution in [-0.2, 0) is 14.8 Å². The summed E-state index contributed by atoms with van der Waals surface area (Å²) in [5.74, 6) is 0.00260. The Labute approximate surface area is 165 Å². The molecule has 9 heteroatoms. The van der Waals surface area contributed by atoms with Crippen molar-refractivity contribution in [2.45, 2.75) is 4.90 Å². The van der Waals surface area contributed by atoms with E-state index in [1.165, 1.54) is 42.7 Å². The zero-order valence-corrected chi connectivity index (χ0v) is 16.4. The van der Waals surface area contributed by atoms with E-state index in [-0.39, 0.29) is 27.0 Å². The molecule has 140 valence electrons. The third-order valence-electron chi connectivity index (χ3n) is 3.48. The van der Waals surface area contributed by atoms with E-state index in [1.54, 1.807) is 35.7 Å². The van der Waals surface area contributed by atoms with Crippen molar-refractivity contribution >= 4 is 44.6 Å². The van der Waals surface area contributed by atoms with Gasteiger partial charge in [0.1, 0.15) is 0 Å². The van der Waals surface area contributed by atoms with Gasteiger partial charge in [0.25, 0.3) is 10.0 Å². The van der Waals surface area contributed by atoms with Gasteiger partial charge in [0, 0.05) is 5.02 Å². The van der Waals surface area contributed by atoms with Gasteiger partial charge >= 0.3 is 5.97 Å². The van der Waals surface area contributed by atoms with E-state index in [4.69, 9.17) is 21.1 Å². The van der Waals surface area contributed by atoms with Crippen LogP contribution < -0.4 is 9.46 Å². The molecule has 0 unspecified atom stereocenters. The van der Waals surface area contributed by atoms with Crippen LogP contribution in [0, 0.1) is 0 Å². The molecule has 0 aliphatic heterocycles. The minimum Gasteiger partial charge on any atom is -0.465 e. The second-order valence-electron chi connectivity index (χ2n) is 5.26. The van der Waals surface area contributed by atoms with Crippen molar-refractivity contribution in [3.05, 3.63) is 69.9 Å². The summed E-state index contributed by atoms with van der Waals surface area (Å²) in [6, 6.07) is 13.9. The minimum atomic E-state index is -3.84. The second kappa shape index (κ2) is 7.99. The Morgan fingerprint density at radius 1 is 1.04 bits per heavy atom. The second-order valence-corrected chi connectivity index (χ2v) is 8.30. The molecule has 0 spiro atoms. The van der Waals surface area contributed by atoms with Crippen LogP contribution in [0.1, 0.15) is 9.67 Å². The van der Waals surface area contributed by atoms with Crippen LogP contribution in [0.15, 0.2) is 64.9 Å². The number of benzene rings is 2. The van der Waals surface area contributed by atoms with E-state index in [9.17, 15) is 13.2 Å². The molecular weight excluding hydrogens is 410 g/mol. The minimum absolute atomic E-state index is 0.0625. The lowest BCUT2D eigenvalue weighted by atomic mass is 10.3. The lowest BCUT2D eigenvalue weighted by Crippen LogP contribution is -2.13. The van der Waals surface area contributed by atoms with Gasteiger partial charge in [0.2, 0.25) is 0 Å². The summed E-state index contributed by atoms with van der Waals surface area (Å²) >= 11 is 6.97. The average molecular weight is 424 g/mol. The summed E-state index contributed by atoms with van der Waals surface area (Å²) in [5, 5.41) is 2.12. The monoisotopic (exact) mass is 423 g/mol. The van der Waals surface area contributed by atoms with Gasteiger partial charge in [0.05, 0.1) is 17.7 Å². The third kappa shape index (κ3) is 4.41. The maximum atomic E-state index is 12.6. The smallest absolute Gasteiger partial charge is 0.351 e. The van der Waals surface area contributed by atoms with E-state index in [0.717, 1.165) is 0 Å². The van der Waals surface area contributed by atoms with Gasteiger partial charge in [-0.3, -0.25) is 4.72 Å². The van der Waals surface area contributed by atoms with Crippen molar-refractivity contribution in [1.82, 2.24) is 0 Å².